The molecule has 5 rings (SSSR count). The van der Waals surface area contributed by atoms with Gasteiger partial charge in [-0.25, -0.2) is 9.07 Å². The second-order valence-corrected chi connectivity index (χ2v) is 8.90. The van der Waals surface area contributed by atoms with E-state index in [1.807, 2.05) is 44.2 Å². The predicted octanol–water partition coefficient (Wildman–Crippen LogP) is 5.83. The third-order valence-corrected chi connectivity index (χ3v) is 6.52. The van der Waals surface area contributed by atoms with E-state index in [2.05, 4.69) is 10.3 Å². The van der Waals surface area contributed by atoms with E-state index in [9.17, 15) is 9.59 Å². The number of carbonyl (C=O) groups excluding carboxylic acids is 1. The molecule has 0 fully saturated rings. The second kappa shape index (κ2) is 9.39. The van der Waals surface area contributed by atoms with Crippen LogP contribution in [0.3, 0.4) is 0 Å². The van der Waals surface area contributed by atoms with E-state index in [-0.39, 0.29) is 22.6 Å². The van der Waals surface area contributed by atoms with Crippen molar-refractivity contribution in [2.24, 2.45) is 7.05 Å². The van der Waals surface area contributed by atoms with Crippen LogP contribution in [0, 0.1) is 26.6 Å². The molecule has 0 atom stereocenters. The highest BCUT2D eigenvalue weighted by atomic mass is 19.1. The summed E-state index contributed by atoms with van der Waals surface area (Å²) in [4.78, 5) is 30.4. The van der Waals surface area contributed by atoms with Crippen LogP contribution in [0.5, 0.6) is 11.5 Å². The third-order valence-electron chi connectivity index (χ3n) is 6.52. The van der Waals surface area contributed by atoms with E-state index in [1.165, 1.54) is 16.8 Å². The lowest BCUT2D eigenvalue weighted by molar-refractivity contribution is 0.102. The molecule has 186 valence electrons. The summed E-state index contributed by atoms with van der Waals surface area (Å²) in [6, 6.07) is 18.6. The number of nitrogens with zero attached hydrogens (tertiary/aromatic N) is 3. The number of aromatic nitrogens is 3. The highest BCUT2D eigenvalue weighted by Gasteiger charge is 2.20. The van der Waals surface area contributed by atoms with Crippen LogP contribution in [-0.4, -0.2) is 20.3 Å². The third kappa shape index (κ3) is 4.38. The lowest BCUT2D eigenvalue weighted by Gasteiger charge is -2.12. The number of hydrogen-bond acceptors (Lipinski definition) is 4. The molecule has 37 heavy (non-hydrogen) atoms. The average Bonchev–Trinajstić information content (AvgIpc) is 3.09. The average molecular weight is 497 g/mol. The fraction of sp³-hybridized carbons (Fsp3) is 0.138. The first-order valence-corrected chi connectivity index (χ1v) is 11.7. The van der Waals surface area contributed by atoms with Crippen molar-refractivity contribution in [1.82, 2.24) is 14.3 Å². The van der Waals surface area contributed by atoms with Crippen molar-refractivity contribution in [2.75, 3.05) is 5.32 Å². The van der Waals surface area contributed by atoms with Crippen LogP contribution >= 0.6 is 0 Å². The van der Waals surface area contributed by atoms with Crippen molar-refractivity contribution in [1.29, 1.82) is 0 Å². The number of rotatable bonds is 5. The van der Waals surface area contributed by atoms with Crippen molar-refractivity contribution in [2.45, 2.75) is 20.8 Å². The fourth-order valence-electron chi connectivity index (χ4n) is 4.21. The van der Waals surface area contributed by atoms with Crippen molar-refractivity contribution in [3.8, 4) is 17.2 Å². The minimum Gasteiger partial charge on any atom is -0.454 e. The van der Waals surface area contributed by atoms with Crippen molar-refractivity contribution in [3.05, 3.63) is 111 Å². The largest absolute Gasteiger partial charge is 0.454 e. The molecule has 0 saturated heterocycles. The van der Waals surface area contributed by atoms with Gasteiger partial charge in [0.05, 0.1) is 16.9 Å². The van der Waals surface area contributed by atoms with Crippen LogP contribution in [0.2, 0.25) is 0 Å². The molecule has 1 N–H and O–H groups in total. The number of amides is 1. The Morgan fingerprint density at radius 2 is 1.68 bits per heavy atom. The topological polar surface area (TPSA) is 78.2 Å². The quantitative estimate of drug-likeness (QED) is 0.332. The van der Waals surface area contributed by atoms with Gasteiger partial charge in [-0.3, -0.25) is 19.3 Å². The molecule has 0 saturated carbocycles. The van der Waals surface area contributed by atoms with Gasteiger partial charge < -0.3 is 10.1 Å². The SMILES string of the molecule is Cc1cc2nccc(Oc3ccc(C(=O)Nc4c(C)n(C)n(-c5ccccc5)c4=O)cc3F)c2cc1C. The van der Waals surface area contributed by atoms with E-state index in [0.29, 0.717) is 17.1 Å². The number of ether oxygens (including phenoxy) is 1. The van der Waals surface area contributed by atoms with Crippen molar-refractivity contribution < 1.29 is 13.9 Å². The van der Waals surface area contributed by atoms with E-state index in [0.717, 1.165) is 28.1 Å². The smallest absolute Gasteiger partial charge is 0.295 e. The minimum atomic E-state index is -0.701. The van der Waals surface area contributed by atoms with Crippen LogP contribution < -0.4 is 15.6 Å². The molecular weight excluding hydrogens is 471 g/mol. The van der Waals surface area contributed by atoms with Crippen molar-refractivity contribution >= 4 is 22.5 Å². The Balaban J connectivity index is 1.41. The monoisotopic (exact) mass is 496 g/mol. The molecule has 5 aromatic rings. The summed E-state index contributed by atoms with van der Waals surface area (Å²) in [5.41, 5.74) is 3.96. The molecule has 0 radical (unpaired) electrons. The Morgan fingerprint density at radius 1 is 0.946 bits per heavy atom. The standard InChI is InChI=1S/C29H25FN4O3/c1-17-14-22-24(15-18(17)2)31-13-12-25(22)37-26-11-10-20(16-23(26)30)28(35)32-27-19(3)33(4)34(29(27)36)21-8-6-5-7-9-21/h5-16H,1-4H3,(H,32,35). The van der Waals surface area contributed by atoms with Gasteiger partial charge >= 0.3 is 0 Å². The lowest BCUT2D eigenvalue weighted by atomic mass is 10.1. The molecule has 3 aromatic carbocycles. The Morgan fingerprint density at radius 3 is 2.41 bits per heavy atom. The summed E-state index contributed by atoms with van der Waals surface area (Å²) >= 11 is 0. The molecule has 0 spiro atoms. The summed E-state index contributed by atoms with van der Waals surface area (Å²) in [5.74, 6) is -0.861. The number of carbonyl (C=O) groups is 1. The van der Waals surface area contributed by atoms with Gasteiger partial charge in [0.1, 0.15) is 11.4 Å². The molecule has 0 aliphatic carbocycles. The Labute approximate surface area is 212 Å². The summed E-state index contributed by atoms with van der Waals surface area (Å²) in [6.07, 6.45) is 1.61. The van der Waals surface area contributed by atoms with E-state index >= 15 is 4.39 Å². The summed E-state index contributed by atoms with van der Waals surface area (Å²) in [6.45, 7) is 5.72. The number of aryl methyl sites for hydroxylation is 2. The number of nitrogens with one attached hydrogen (secondary N) is 1. The zero-order valence-corrected chi connectivity index (χ0v) is 20.9. The fourth-order valence-corrected chi connectivity index (χ4v) is 4.21. The number of para-hydroxylation sites is 1. The maximum Gasteiger partial charge on any atom is 0.295 e. The Kier molecular flexibility index (Phi) is 6.09. The minimum absolute atomic E-state index is 0.0235. The normalized spacial score (nSPS) is 11.1. The van der Waals surface area contributed by atoms with Gasteiger partial charge in [0, 0.05) is 24.2 Å². The van der Waals surface area contributed by atoms with Gasteiger partial charge in [-0.15, -0.1) is 0 Å². The first kappa shape index (κ1) is 24.0. The van der Waals surface area contributed by atoms with Gasteiger partial charge in [-0.05, 0) is 80.4 Å². The summed E-state index contributed by atoms with van der Waals surface area (Å²) in [7, 11) is 1.73. The zero-order chi connectivity index (χ0) is 26.3. The summed E-state index contributed by atoms with van der Waals surface area (Å²) < 4.78 is 24.0. The van der Waals surface area contributed by atoms with Gasteiger partial charge in [0.15, 0.2) is 11.6 Å². The Bertz CT molecular complexity index is 1720. The highest BCUT2D eigenvalue weighted by molar-refractivity contribution is 6.04. The van der Waals surface area contributed by atoms with Crippen LogP contribution in [0.25, 0.3) is 16.6 Å². The number of anilines is 1. The van der Waals surface area contributed by atoms with Crippen LogP contribution in [0.4, 0.5) is 10.1 Å². The van der Waals surface area contributed by atoms with E-state index in [4.69, 9.17) is 4.74 Å². The summed E-state index contributed by atoms with van der Waals surface area (Å²) in [5, 5.41) is 3.41. The predicted molar refractivity (Wildman–Crippen MR) is 141 cm³/mol. The van der Waals surface area contributed by atoms with Crippen LogP contribution in [0.1, 0.15) is 27.2 Å². The molecular formula is C29H25FN4O3. The highest BCUT2D eigenvalue weighted by Crippen LogP contribution is 2.32. The maximum absolute atomic E-state index is 15.0. The van der Waals surface area contributed by atoms with Crippen molar-refractivity contribution in [3.63, 3.8) is 0 Å². The second-order valence-electron chi connectivity index (χ2n) is 8.90. The molecule has 0 aliphatic heterocycles. The first-order chi connectivity index (χ1) is 17.7. The van der Waals surface area contributed by atoms with E-state index < -0.39 is 11.7 Å². The molecule has 2 aromatic heterocycles. The maximum atomic E-state index is 15.0. The molecule has 2 heterocycles. The van der Waals surface area contributed by atoms with Crippen LogP contribution in [0.15, 0.2) is 77.7 Å². The number of pyridine rings is 1. The molecule has 1 amide bonds. The molecule has 7 nitrogen and oxygen atoms in total. The van der Waals surface area contributed by atoms with Crippen LogP contribution in [-0.2, 0) is 7.05 Å². The van der Waals surface area contributed by atoms with Gasteiger partial charge in [-0.2, -0.15) is 0 Å². The Hall–Kier alpha value is -4.72. The zero-order valence-electron chi connectivity index (χ0n) is 20.9. The number of fused-ring (bicyclic) bond motifs is 1. The number of benzene rings is 3. The lowest BCUT2D eigenvalue weighted by Crippen LogP contribution is -2.23. The molecule has 0 unspecified atom stereocenters. The van der Waals surface area contributed by atoms with Gasteiger partial charge in [0.25, 0.3) is 11.5 Å². The molecule has 8 heteroatoms. The molecule has 0 aliphatic rings. The van der Waals surface area contributed by atoms with E-state index in [1.54, 1.807) is 43.0 Å². The molecule has 0 bridgehead atoms. The van der Waals surface area contributed by atoms with Gasteiger partial charge in [-0.1, -0.05) is 18.2 Å². The number of halogens is 1. The first-order valence-electron chi connectivity index (χ1n) is 11.7. The van der Waals surface area contributed by atoms with Gasteiger partial charge in [0.2, 0.25) is 0 Å². The number of hydrogen-bond donors (Lipinski definition) is 1.